The molecule has 9 N–H and O–H groups in total. The first-order chi connectivity index (χ1) is 22.8. The van der Waals surface area contributed by atoms with Crippen molar-refractivity contribution in [1.82, 2.24) is 0 Å². The Hall–Kier alpha value is -4.22. The van der Waals surface area contributed by atoms with Gasteiger partial charge in [-0.3, -0.25) is 0 Å². The first-order valence-electron chi connectivity index (χ1n) is 14.9. The van der Waals surface area contributed by atoms with Gasteiger partial charge in [0, 0.05) is 35.8 Å². The third-order valence-corrected chi connectivity index (χ3v) is 10.6. The van der Waals surface area contributed by atoms with Crippen LogP contribution < -0.4 is 22.1 Å². The lowest BCUT2D eigenvalue weighted by atomic mass is 10.3. The molecular formula is C33H40N4O9S2. The number of benzene rings is 4. The molecule has 4 rings (SSSR count). The topological polar surface area (TPSA) is 224 Å². The van der Waals surface area contributed by atoms with Crippen LogP contribution in [0.2, 0.25) is 0 Å². The number of nitrogens with two attached hydrogens (primary N) is 2. The molecule has 15 heteroatoms. The summed E-state index contributed by atoms with van der Waals surface area (Å²) in [6, 6.07) is 24.1. The maximum absolute atomic E-state index is 12.8. The van der Waals surface area contributed by atoms with E-state index in [-0.39, 0.29) is 59.1 Å². The van der Waals surface area contributed by atoms with Gasteiger partial charge in [-0.05, 0) is 97.1 Å². The second-order valence-corrected chi connectivity index (χ2v) is 14.9. The zero-order valence-electron chi connectivity index (χ0n) is 26.0. The molecule has 258 valence electrons. The number of hydrogen-bond donors (Lipinski definition) is 7. The Labute approximate surface area is 280 Å². The molecule has 4 aromatic rings. The molecule has 4 aromatic carbocycles. The van der Waals surface area contributed by atoms with Crippen molar-refractivity contribution in [3.8, 4) is 0 Å². The van der Waals surface area contributed by atoms with E-state index in [1.165, 1.54) is 72.8 Å². The van der Waals surface area contributed by atoms with Crippen molar-refractivity contribution in [2.24, 2.45) is 0 Å². The fraction of sp³-hybridized carbons (Fsp3) is 0.273. The molecule has 0 radical (unpaired) electrons. The van der Waals surface area contributed by atoms with Crippen molar-refractivity contribution in [3.05, 3.63) is 97.1 Å². The van der Waals surface area contributed by atoms with Gasteiger partial charge >= 0.3 is 0 Å². The highest BCUT2D eigenvalue weighted by atomic mass is 32.2. The van der Waals surface area contributed by atoms with Crippen molar-refractivity contribution in [1.29, 1.82) is 0 Å². The summed E-state index contributed by atoms with van der Waals surface area (Å²) in [6.45, 7) is -0.0993. The van der Waals surface area contributed by atoms with Crippen molar-refractivity contribution >= 4 is 42.4 Å². The number of nitrogen functional groups attached to an aromatic ring is 2. The van der Waals surface area contributed by atoms with Crippen LogP contribution in [0.15, 0.2) is 117 Å². The SMILES string of the molecule is Nc1ccc(S(=O)(=O)c2ccc(NCC(O)COCC(O)COCC(O)CNc3ccc(S(=O)(=O)c4ccc(N)cc4)cc3)cc2)cc1. The average Bonchev–Trinajstić information content (AvgIpc) is 3.07. The van der Waals surface area contributed by atoms with Crippen LogP contribution in [-0.4, -0.2) is 90.0 Å². The zero-order chi connectivity index (χ0) is 34.7. The van der Waals surface area contributed by atoms with Crippen molar-refractivity contribution < 1.29 is 41.6 Å². The normalized spacial score (nSPS) is 13.8. The summed E-state index contributed by atoms with van der Waals surface area (Å²) in [4.78, 5) is 0.519. The maximum Gasteiger partial charge on any atom is 0.206 e. The van der Waals surface area contributed by atoms with E-state index in [1.807, 2.05) is 0 Å². The van der Waals surface area contributed by atoms with E-state index < -0.39 is 38.0 Å². The molecule has 2 unspecified atom stereocenters. The number of anilines is 4. The highest BCUT2D eigenvalue weighted by Gasteiger charge is 2.19. The summed E-state index contributed by atoms with van der Waals surface area (Å²) >= 11 is 0. The lowest BCUT2D eigenvalue weighted by Gasteiger charge is -2.17. The van der Waals surface area contributed by atoms with Gasteiger partial charge in [0.2, 0.25) is 19.7 Å². The molecule has 13 nitrogen and oxygen atoms in total. The Morgan fingerprint density at radius 1 is 0.479 bits per heavy atom. The number of rotatable bonds is 18. The fourth-order valence-corrected chi connectivity index (χ4v) is 6.91. The van der Waals surface area contributed by atoms with Gasteiger partial charge in [-0.25, -0.2) is 16.8 Å². The third kappa shape index (κ3) is 10.4. The van der Waals surface area contributed by atoms with Gasteiger partial charge in [-0.15, -0.1) is 0 Å². The minimum absolute atomic E-state index is 0.0692. The molecule has 2 atom stereocenters. The molecule has 48 heavy (non-hydrogen) atoms. The van der Waals surface area contributed by atoms with Crippen LogP contribution in [0.5, 0.6) is 0 Å². The van der Waals surface area contributed by atoms with Gasteiger partial charge in [0.1, 0.15) is 6.10 Å². The monoisotopic (exact) mass is 700 g/mol. The van der Waals surface area contributed by atoms with E-state index >= 15 is 0 Å². The number of nitrogens with one attached hydrogen (secondary N) is 2. The van der Waals surface area contributed by atoms with Crippen LogP contribution in [0.1, 0.15) is 0 Å². The van der Waals surface area contributed by atoms with E-state index in [4.69, 9.17) is 20.9 Å². The Kier molecular flexibility index (Phi) is 12.8. The molecule has 0 spiro atoms. The molecule has 0 amide bonds. The first kappa shape index (κ1) is 36.6. The highest BCUT2D eigenvalue weighted by Crippen LogP contribution is 2.24. The Bertz CT molecular complexity index is 1670. The molecule has 0 bridgehead atoms. The van der Waals surface area contributed by atoms with Gasteiger partial charge in [0.05, 0.1) is 58.2 Å². The summed E-state index contributed by atoms with van der Waals surface area (Å²) in [5, 5.41) is 36.6. The van der Waals surface area contributed by atoms with Gasteiger partial charge in [0.25, 0.3) is 0 Å². The minimum atomic E-state index is -3.69. The molecule has 0 fully saturated rings. The molecule has 0 aromatic heterocycles. The number of hydrogen-bond acceptors (Lipinski definition) is 13. The summed E-state index contributed by atoms with van der Waals surface area (Å²) in [7, 11) is -7.37. The van der Waals surface area contributed by atoms with Crippen LogP contribution in [0.25, 0.3) is 0 Å². The smallest absolute Gasteiger partial charge is 0.206 e. The third-order valence-electron chi connectivity index (χ3n) is 7.03. The van der Waals surface area contributed by atoms with Gasteiger partial charge in [-0.1, -0.05) is 0 Å². The van der Waals surface area contributed by atoms with E-state index in [1.54, 1.807) is 24.3 Å². The van der Waals surface area contributed by atoms with Crippen molar-refractivity contribution in [3.63, 3.8) is 0 Å². The lowest BCUT2D eigenvalue weighted by Crippen LogP contribution is -2.30. The molecule has 0 aliphatic carbocycles. The largest absolute Gasteiger partial charge is 0.399 e. The lowest BCUT2D eigenvalue weighted by molar-refractivity contribution is -0.0493. The zero-order valence-corrected chi connectivity index (χ0v) is 27.6. The van der Waals surface area contributed by atoms with Crippen LogP contribution in [0.3, 0.4) is 0 Å². The molecule has 0 saturated heterocycles. The van der Waals surface area contributed by atoms with E-state index in [0.717, 1.165) is 0 Å². The maximum atomic E-state index is 12.8. The summed E-state index contributed by atoms with van der Waals surface area (Å²) < 4.78 is 61.8. The second-order valence-electron chi connectivity index (χ2n) is 11.0. The van der Waals surface area contributed by atoms with Crippen molar-refractivity contribution in [2.45, 2.75) is 37.9 Å². The quantitative estimate of drug-likeness (QED) is 0.0740. The molecule has 0 aliphatic rings. The van der Waals surface area contributed by atoms with Gasteiger partial charge in [-0.2, -0.15) is 0 Å². The van der Waals surface area contributed by atoms with E-state index in [2.05, 4.69) is 10.6 Å². The van der Waals surface area contributed by atoms with Gasteiger partial charge in [0.15, 0.2) is 0 Å². The molecular weight excluding hydrogens is 661 g/mol. The standard InChI is InChI=1S/C33H40N4O9S2/c34-23-1-9-30(10-2-23)47(41,42)32-13-5-25(6-14-32)36-17-27(38)19-45-21-29(40)22-46-20-28(39)18-37-26-7-15-33(16-8-26)48(43,44)31-11-3-24(35)4-12-31/h1-16,27-29,36-40H,17-22,34-35H2. The van der Waals surface area contributed by atoms with E-state index in [9.17, 15) is 32.2 Å². The average molecular weight is 701 g/mol. The van der Waals surface area contributed by atoms with Crippen molar-refractivity contribution in [2.75, 3.05) is 61.6 Å². The predicted molar refractivity (Wildman–Crippen MR) is 182 cm³/mol. The Morgan fingerprint density at radius 2 is 0.750 bits per heavy atom. The summed E-state index contributed by atoms with van der Waals surface area (Å²) in [5.41, 5.74) is 13.4. The molecule has 0 heterocycles. The number of aliphatic hydroxyl groups excluding tert-OH is 3. The molecule has 0 aliphatic heterocycles. The second kappa shape index (κ2) is 16.7. The number of aliphatic hydroxyl groups is 3. The predicted octanol–water partition coefficient (Wildman–Crippen LogP) is 2.16. The summed E-state index contributed by atoms with van der Waals surface area (Å²) in [5.74, 6) is 0. The number of sulfone groups is 2. The Morgan fingerprint density at radius 3 is 1.06 bits per heavy atom. The fourth-order valence-electron chi connectivity index (χ4n) is 4.39. The minimum Gasteiger partial charge on any atom is -0.399 e. The van der Waals surface area contributed by atoms with Crippen LogP contribution >= 0.6 is 0 Å². The molecule has 0 saturated carbocycles. The summed E-state index contributed by atoms with van der Waals surface area (Å²) in [6.07, 6.45) is -2.80. The van der Waals surface area contributed by atoms with Gasteiger partial charge < -0.3 is 46.9 Å². The van der Waals surface area contributed by atoms with E-state index in [0.29, 0.717) is 22.7 Å². The van der Waals surface area contributed by atoms with Crippen LogP contribution in [0, 0.1) is 0 Å². The highest BCUT2D eigenvalue weighted by molar-refractivity contribution is 7.91. The first-order valence-corrected chi connectivity index (χ1v) is 17.9. The Balaban J connectivity index is 1.08. The number of ether oxygens (including phenoxy) is 2. The van der Waals surface area contributed by atoms with Crippen LogP contribution in [0.4, 0.5) is 22.7 Å². The van der Waals surface area contributed by atoms with Crippen LogP contribution in [-0.2, 0) is 29.1 Å².